The van der Waals surface area contributed by atoms with Crippen LogP contribution in [0.1, 0.15) is 22.9 Å². The number of aromatic nitrogens is 1. The monoisotopic (exact) mass is 702 g/mol. The Morgan fingerprint density at radius 3 is 1.93 bits per heavy atom. The lowest BCUT2D eigenvalue weighted by atomic mass is 9.93. The predicted octanol–water partition coefficient (Wildman–Crippen LogP) is 12.4. The van der Waals surface area contributed by atoms with Crippen LogP contribution in [0.2, 0.25) is 0 Å². The van der Waals surface area contributed by atoms with Crippen LogP contribution in [0.4, 0.5) is 0 Å². The summed E-state index contributed by atoms with van der Waals surface area (Å²) in [4.78, 5) is 10.4. The van der Waals surface area contributed by atoms with Gasteiger partial charge in [0.1, 0.15) is 12.0 Å². The van der Waals surface area contributed by atoms with Gasteiger partial charge in [-0.1, -0.05) is 164 Å². The highest BCUT2D eigenvalue weighted by Gasteiger charge is 2.23. The van der Waals surface area contributed by atoms with E-state index in [1.807, 2.05) is 24.3 Å². The van der Waals surface area contributed by atoms with Crippen molar-refractivity contribution in [3.8, 4) is 16.8 Å². The minimum atomic E-state index is -0.275. The van der Waals surface area contributed by atoms with Crippen LogP contribution in [-0.4, -0.2) is 16.2 Å². The molecule has 11 rings (SSSR count). The van der Waals surface area contributed by atoms with Gasteiger partial charge in [0, 0.05) is 27.6 Å². The Morgan fingerprint density at radius 1 is 0.436 bits per heavy atom. The molecule has 4 heteroatoms. The van der Waals surface area contributed by atoms with Crippen molar-refractivity contribution < 1.29 is 0 Å². The third kappa shape index (κ3) is 5.22. The van der Waals surface area contributed by atoms with E-state index < -0.39 is 0 Å². The summed E-state index contributed by atoms with van der Waals surface area (Å²) in [6.45, 7) is 0. The predicted molar refractivity (Wildman–Crippen MR) is 231 cm³/mol. The molecule has 0 aliphatic carbocycles. The molecule has 1 aliphatic heterocycles. The van der Waals surface area contributed by atoms with Crippen molar-refractivity contribution in [1.29, 1.82) is 0 Å². The van der Waals surface area contributed by atoms with Gasteiger partial charge in [-0.25, -0.2) is 9.98 Å². The standard InChI is InChI=1S/C51H34N4/c1-3-16-35(17-4-1)49-52-50(36-18-5-2-6-19-36)54-51(53-49)39-21-13-22-40(31-39)55-45-29-28-34-15-9-10-23-41(34)47(45)48-43-25-12-11-24-42(43)44(32-46(48)55)38-27-26-33-14-7-8-20-37(33)30-38/h1-32,49H,(H,52,53,54). The minimum absolute atomic E-state index is 0.275. The highest BCUT2D eigenvalue weighted by molar-refractivity contribution is 6.30. The summed E-state index contributed by atoms with van der Waals surface area (Å²) in [5.74, 6) is 1.50. The number of nitrogens with one attached hydrogen (secondary N) is 1. The first-order valence-corrected chi connectivity index (χ1v) is 18.8. The molecule has 258 valence electrons. The van der Waals surface area contributed by atoms with Gasteiger partial charge in [-0.3, -0.25) is 0 Å². The van der Waals surface area contributed by atoms with Gasteiger partial charge in [-0.05, 0) is 79.3 Å². The van der Waals surface area contributed by atoms with Crippen molar-refractivity contribution in [2.45, 2.75) is 6.17 Å². The van der Waals surface area contributed by atoms with Gasteiger partial charge < -0.3 is 9.88 Å². The number of rotatable bonds is 5. The topological polar surface area (TPSA) is 41.7 Å². The van der Waals surface area contributed by atoms with Crippen LogP contribution in [0.5, 0.6) is 0 Å². The molecule has 0 bridgehead atoms. The molecule has 10 aromatic rings. The summed E-state index contributed by atoms with van der Waals surface area (Å²) in [5, 5.41) is 13.5. The van der Waals surface area contributed by atoms with Gasteiger partial charge in [0.05, 0.1) is 11.0 Å². The van der Waals surface area contributed by atoms with Gasteiger partial charge >= 0.3 is 0 Å². The lowest BCUT2D eigenvalue weighted by molar-refractivity contribution is 0.674. The number of hydrogen-bond acceptors (Lipinski definition) is 3. The Kier molecular flexibility index (Phi) is 7.20. The van der Waals surface area contributed by atoms with Crippen LogP contribution < -0.4 is 5.32 Å². The van der Waals surface area contributed by atoms with E-state index in [9.17, 15) is 0 Å². The average Bonchev–Trinajstić information content (AvgIpc) is 3.61. The van der Waals surface area contributed by atoms with E-state index in [4.69, 9.17) is 9.98 Å². The number of fused-ring (bicyclic) bond motifs is 8. The van der Waals surface area contributed by atoms with Gasteiger partial charge in [-0.2, -0.15) is 0 Å². The maximum Gasteiger partial charge on any atom is 0.159 e. The molecule has 4 nitrogen and oxygen atoms in total. The smallest absolute Gasteiger partial charge is 0.159 e. The molecular formula is C51H34N4. The molecule has 0 saturated heterocycles. The zero-order valence-electron chi connectivity index (χ0n) is 29.9. The molecular weight excluding hydrogens is 669 g/mol. The van der Waals surface area contributed by atoms with Crippen LogP contribution in [-0.2, 0) is 0 Å². The second kappa shape index (κ2) is 12.7. The minimum Gasteiger partial charge on any atom is -0.344 e. The third-order valence-corrected chi connectivity index (χ3v) is 11.0. The molecule has 0 fully saturated rings. The van der Waals surface area contributed by atoms with Crippen molar-refractivity contribution in [3.63, 3.8) is 0 Å². The van der Waals surface area contributed by atoms with Crippen LogP contribution in [0.3, 0.4) is 0 Å². The second-order valence-electron chi connectivity index (χ2n) is 14.2. The molecule has 1 atom stereocenters. The lowest BCUT2D eigenvalue weighted by Gasteiger charge is -2.24. The molecule has 9 aromatic carbocycles. The number of nitrogens with zero attached hydrogens (tertiary/aromatic N) is 3. The largest absolute Gasteiger partial charge is 0.344 e. The van der Waals surface area contributed by atoms with Crippen LogP contribution >= 0.6 is 0 Å². The van der Waals surface area contributed by atoms with E-state index in [2.05, 4.69) is 180 Å². The Balaban J connectivity index is 1.18. The van der Waals surface area contributed by atoms with Crippen LogP contribution in [0.15, 0.2) is 204 Å². The van der Waals surface area contributed by atoms with E-state index in [0.717, 1.165) is 39.2 Å². The van der Waals surface area contributed by atoms with E-state index in [0.29, 0.717) is 5.84 Å². The van der Waals surface area contributed by atoms with E-state index in [-0.39, 0.29) is 6.17 Å². The van der Waals surface area contributed by atoms with E-state index in [1.54, 1.807) is 0 Å². The third-order valence-electron chi connectivity index (χ3n) is 11.0. The quantitative estimate of drug-likeness (QED) is 0.191. The lowest BCUT2D eigenvalue weighted by Crippen LogP contribution is -2.33. The van der Waals surface area contributed by atoms with Crippen molar-refractivity contribution in [3.05, 3.63) is 211 Å². The molecule has 55 heavy (non-hydrogen) atoms. The summed E-state index contributed by atoms with van der Waals surface area (Å²) < 4.78 is 2.44. The number of amidine groups is 2. The maximum atomic E-state index is 5.21. The first-order valence-electron chi connectivity index (χ1n) is 18.8. The van der Waals surface area contributed by atoms with Crippen molar-refractivity contribution >= 4 is 65.8 Å². The molecule has 0 spiro atoms. The Bertz CT molecular complexity index is 3170. The van der Waals surface area contributed by atoms with E-state index in [1.165, 1.54) is 54.2 Å². The summed E-state index contributed by atoms with van der Waals surface area (Å²) in [5.41, 5.74) is 8.86. The van der Waals surface area contributed by atoms with Gasteiger partial charge in [-0.15, -0.1) is 0 Å². The fraction of sp³-hybridized carbons (Fsp3) is 0.0196. The normalized spacial score (nSPS) is 14.4. The molecule has 0 amide bonds. The fourth-order valence-electron chi connectivity index (χ4n) is 8.42. The first kappa shape index (κ1) is 31.2. The fourth-order valence-corrected chi connectivity index (χ4v) is 8.42. The van der Waals surface area contributed by atoms with Crippen molar-refractivity contribution in [2.24, 2.45) is 9.98 Å². The maximum absolute atomic E-state index is 5.21. The molecule has 0 saturated carbocycles. The van der Waals surface area contributed by atoms with Gasteiger partial charge in [0.2, 0.25) is 0 Å². The molecule has 1 N–H and O–H groups in total. The zero-order chi connectivity index (χ0) is 36.3. The second-order valence-corrected chi connectivity index (χ2v) is 14.2. The number of hydrogen-bond donors (Lipinski definition) is 1. The SMILES string of the molecule is c1ccc(C2=NC(c3cccc(-n4c5ccc6ccccc6c5c5c6ccccc6c(-c6ccc7ccccc7c6)cc54)c3)=NC(c3ccccc3)N2)cc1. The summed E-state index contributed by atoms with van der Waals surface area (Å²) in [6.07, 6.45) is -0.275. The van der Waals surface area contributed by atoms with Gasteiger partial charge in [0.25, 0.3) is 0 Å². The average molecular weight is 703 g/mol. The molecule has 1 aliphatic rings. The molecule has 1 aromatic heterocycles. The van der Waals surface area contributed by atoms with E-state index >= 15 is 0 Å². The van der Waals surface area contributed by atoms with Crippen molar-refractivity contribution in [1.82, 2.24) is 9.88 Å². The Labute approximate surface area is 318 Å². The Morgan fingerprint density at radius 2 is 1.09 bits per heavy atom. The summed E-state index contributed by atoms with van der Waals surface area (Å²) in [6, 6.07) is 69.4. The van der Waals surface area contributed by atoms with Crippen LogP contribution in [0.25, 0.3) is 70.9 Å². The van der Waals surface area contributed by atoms with Crippen LogP contribution in [0, 0.1) is 0 Å². The number of aliphatic imine (C=N–C) groups is 2. The summed E-state index contributed by atoms with van der Waals surface area (Å²) in [7, 11) is 0. The first-order chi connectivity index (χ1) is 27.3. The number of benzene rings is 9. The van der Waals surface area contributed by atoms with Crippen molar-refractivity contribution in [2.75, 3.05) is 0 Å². The molecule has 0 radical (unpaired) electrons. The molecule has 2 heterocycles. The highest BCUT2D eigenvalue weighted by Crippen LogP contribution is 2.44. The highest BCUT2D eigenvalue weighted by atomic mass is 15.2. The van der Waals surface area contributed by atoms with Gasteiger partial charge in [0.15, 0.2) is 5.84 Å². The Hall–Kier alpha value is -7.30. The molecule has 1 unspecified atom stereocenters. The summed E-state index contributed by atoms with van der Waals surface area (Å²) >= 11 is 0. The zero-order valence-corrected chi connectivity index (χ0v) is 29.9.